The molecule has 1 aliphatic carbocycles. The second-order valence-corrected chi connectivity index (χ2v) is 4.55. The highest BCUT2D eigenvalue weighted by Gasteiger charge is 2.10. The summed E-state index contributed by atoms with van der Waals surface area (Å²) in [5.41, 5.74) is 4.04. The topological polar surface area (TPSA) is 18.5 Å². The van der Waals surface area contributed by atoms with Gasteiger partial charge in [-0.25, -0.2) is 0 Å². The highest BCUT2D eigenvalue weighted by atomic mass is 16.5. The molecule has 0 fully saturated rings. The van der Waals surface area contributed by atoms with Gasteiger partial charge >= 0.3 is 0 Å². The van der Waals surface area contributed by atoms with E-state index < -0.39 is 0 Å². The van der Waals surface area contributed by atoms with Crippen LogP contribution in [0.1, 0.15) is 30.9 Å². The van der Waals surface area contributed by atoms with Crippen molar-refractivity contribution in [3.8, 4) is 0 Å². The number of benzene rings is 1. The molecule has 1 aromatic rings. The van der Waals surface area contributed by atoms with Gasteiger partial charge in [0, 0.05) is 0 Å². The summed E-state index contributed by atoms with van der Waals surface area (Å²) in [5, 5.41) is 0. The van der Waals surface area contributed by atoms with Crippen molar-refractivity contribution in [2.75, 3.05) is 14.2 Å². The van der Waals surface area contributed by atoms with Gasteiger partial charge in [0.15, 0.2) is 5.76 Å². The summed E-state index contributed by atoms with van der Waals surface area (Å²) in [6.07, 6.45) is 5.52. The highest BCUT2D eigenvalue weighted by molar-refractivity contribution is 5.69. The Kier molecular flexibility index (Phi) is 4.08. The van der Waals surface area contributed by atoms with Crippen LogP contribution in [0.4, 0.5) is 0 Å². The molecule has 2 nitrogen and oxygen atoms in total. The van der Waals surface area contributed by atoms with Gasteiger partial charge in [-0.1, -0.05) is 24.3 Å². The van der Waals surface area contributed by atoms with Gasteiger partial charge in [-0.05, 0) is 49.0 Å². The Labute approximate surface area is 109 Å². The lowest BCUT2D eigenvalue weighted by Gasteiger charge is -2.09. The van der Waals surface area contributed by atoms with E-state index in [1.54, 1.807) is 14.2 Å². The molecule has 0 spiro atoms. The largest absolute Gasteiger partial charge is 0.498 e. The van der Waals surface area contributed by atoms with Crippen LogP contribution in [0.5, 0.6) is 0 Å². The molecule has 0 aliphatic heterocycles. The molecule has 0 saturated heterocycles. The van der Waals surface area contributed by atoms with Gasteiger partial charge in [0.25, 0.3) is 0 Å². The van der Waals surface area contributed by atoms with E-state index in [1.165, 1.54) is 23.1 Å². The zero-order chi connectivity index (χ0) is 13.0. The maximum atomic E-state index is 5.40. The minimum Gasteiger partial charge on any atom is -0.498 e. The molecule has 18 heavy (non-hydrogen) atoms. The van der Waals surface area contributed by atoms with E-state index in [-0.39, 0.29) is 0 Å². The number of rotatable bonds is 3. The molecule has 2 rings (SSSR count). The summed E-state index contributed by atoms with van der Waals surface area (Å²) in [6.45, 7) is 1.92. The van der Waals surface area contributed by atoms with E-state index in [4.69, 9.17) is 9.47 Å². The number of ether oxygens (including phenoxy) is 2. The molecule has 0 heterocycles. The maximum absolute atomic E-state index is 5.40. The molecular formula is C16H20O2. The summed E-state index contributed by atoms with van der Waals surface area (Å²) < 4.78 is 10.6. The Morgan fingerprint density at radius 2 is 2.00 bits per heavy atom. The van der Waals surface area contributed by atoms with Crippen molar-refractivity contribution in [2.24, 2.45) is 0 Å². The maximum Gasteiger partial charge on any atom is 0.156 e. The van der Waals surface area contributed by atoms with Crippen LogP contribution in [0.15, 0.2) is 41.9 Å². The predicted octanol–water partition coefficient (Wildman–Crippen LogP) is 3.93. The number of fused-ring (bicyclic) bond motifs is 2. The summed E-state index contributed by atoms with van der Waals surface area (Å²) in [7, 11) is 3.35. The smallest absolute Gasteiger partial charge is 0.156 e. The van der Waals surface area contributed by atoms with Crippen LogP contribution in [0, 0.1) is 0 Å². The van der Waals surface area contributed by atoms with Gasteiger partial charge in [0.1, 0.15) is 5.76 Å². The summed E-state index contributed by atoms with van der Waals surface area (Å²) in [6, 6.07) is 8.76. The van der Waals surface area contributed by atoms with Crippen molar-refractivity contribution in [1.82, 2.24) is 0 Å². The van der Waals surface area contributed by atoms with Crippen molar-refractivity contribution in [1.29, 1.82) is 0 Å². The average Bonchev–Trinajstić information content (AvgIpc) is 2.54. The Hall–Kier alpha value is -1.70. The first-order chi connectivity index (χ1) is 8.74. The minimum atomic E-state index is 0.805. The fourth-order valence-electron chi connectivity index (χ4n) is 2.27. The molecule has 0 N–H and O–H groups in total. The molecule has 1 aliphatic rings. The molecule has 0 radical (unpaired) electrons. The lowest BCUT2D eigenvalue weighted by atomic mass is 10.0. The molecule has 1 aromatic carbocycles. The quantitative estimate of drug-likeness (QED) is 0.750. The van der Waals surface area contributed by atoms with Gasteiger partial charge in [0.2, 0.25) is 0 Å². The summed E-state index contributed by atoms with van der Waals surface area (Å²) in [5.74, 6) is 1.62. The standard InChI is InChI=1S/C16H20O2/c1-12(17-2)16(18-3)11-15-9-5-7-13-6-4-8-14(15)10-13/h4,6,8,10-11H,5,7,9H2,1-3H3/b15-11-,16-12-. The SMILES string of the molecule is CO/C(C)=C(/C=C1/CCCc2cccc1c2)OC. The van der Waals surface area contributed by atoms with Crippen LogP contribution in [-0.4, -0.2) is 14.2 Å². The van der Waals surface area contributed by atoms with Gasteiger partial charge in [-0.2, -0.15) is 0 Å². The second kappa shape index (κ2) is 5.76. The Morgan fingerprint density at radius 1 is 1.17 bits per heavy atom. The first-order valence-electron chi connectivity index (χ1n) is 6.33. The monoisotopic (exact) mass is 244 g/mol. The van der Waals surface area contributed by atoms with E-state index in [2.05, 4.69) is 30.3 Å². The molecular weight excluding hydrogens is 224 g/mol. The normalized spacial score (nSPS) is 18.1. The molecule has 0 aromatic heterocycles. The van der Waals surface area contributed by atoms with Crippen molar-refractivity contribution >= 4 is 5.57 Å². The third-order valence-corrected chi connectivity index (χ3v) is 3.39. The van der Waals surface area contributed by atoms with Gasteiger partial charge in [-0.3, -0.25) is 0 Å². The van der Waals surface area contributed by atoms with E-state index in [0.29, 0.717) is 0 Å². The lowest BCUT2D eigenvalue weighted by molar-refractivity contribution is 0.232. The van der Waals surface area contributed by atoms with Crippen molar-refractivity contribution in [3.63, 3.8) is 0 Å². The van der Waals surface area contributed by atoms with Crippen molar-refractivity contribution in [2.45, 2.75) is 26.2 Å². The average molecular weight is 244 g/mol. The third-order valence-electron chi connectivity index (χ3n) is 3.39. The zero-order valence-corrected chi connectivity index (χ0v) is 11.3. The van der Waals surface area contributed by atoms with Crippen LogP contribution in [0.3, 0.4) is 0 Å². The Bertz CT molecular complexity index is 484. The second-order valence-electron chi connectivity index (χ2n) is 4.55. The highest BCUT2D eigenvalue weighted by Crippen LogP contribution is 2.28. The Morgan fingerprint density at radius 3 is 2.72 bits per heavy atom. The Balaban J connectivity index is 2.39. The number of hydrogen-bond acceptors (Lipinski definition) is 2. The van der Waals surface area contributed by atoms with Crippen LogP contribution in [0.25, 0.3) is 5.57 Å². The molecule has 2 heteroatoms. The van der Waals surface area contributed by atoms with Gasteiger partial charge in [0.05, 0.1) is 14.2 Å². The van der Waals surface area contributed by atoms with E-state index in [0.717, 1.165) is 24.4 Å². The molecule has 2 bridgehead atoms. The molecule has 0 unspecified atom stereocenters. The van der Waals surface area contributed by atoms with Crippen molar-refractivity contribution in [3.05, 3.63) is 53.0 Å². The molecule has 96 valence electrons. The van der Waals surface area contributed by atoms with E-state index in [9.17, 15) is 0 Å². The number of allylic oxidation sites excluding steroid dienone is 3. The fourth-order valence-corrected chi connectivity index (χ4v) is 2.27. The van der Waals surface area contributed by atoms with Crippen LogP contribution < -0.4 is 0 Å². The number of methoxy groups -OCH3 is 2. The number of hydrogen-bond donors (Lipinski definition) is 0. The fraction of sp³-hybridized carbons (Fsp3) is 0.375. The first kappa shape index (κ1) is 12.7. The third kappa shape index (κ3) is 2.76. The van der Waals surface area contributed by atoms with Gasteiger partial charge < -0.3 is 9.47 Å². The molecule has 0 saturated carbocycles. The van der Waals surface area contributed by atoms with Crippen molar-refractivity contribution < 1.29 is 9.47 Å². The van der Waals surface area contributed by atoms with Crippen LogP contribution >= 0.6 is 0 Å². The van der Waals surface area contributed by atoms with Crippen LogP contribution in [-0.2, 0) is 15.9 Å². The predicted molar refractivity (Wildman–Crippen MR) is 74.1 cm³/mol. The summed E-state index contributed by atoms with van der Waals surface area (Å²) >= 11 is 0. The first-order valence-corrected chi connectivity index (χ1v) is 6.33. The van der Waals surface area contributed by atoms with Crippen LogP contribution in [0.2, 0.25) is 0 Å². The minimum absolute atomic E-state index is 0.805. The summed E-state index contributed by atoms with van der Waals surface area (Å²) in [4.78, 5) is 0. The van der Waals surface area contributed by atoms with E-state index >= 15 is 0 Å². The zero-order valence-electron chi connectivity index (χ0n) is 11.3. The van der Waals surface area contributed by atoms with E-state index in [1.807, 2.05) is 6.92 Å². The molecule has 0 amide bonds. The molecule has 0 atom stereocenters. The number of aryl methyl sites for hydroxylation is 1. The lowest BCUT2D eigenvalue weighted by Crippen LogP contribution is -1.93. The van der Waals surface area contributed by atoms with Gasteiger partial charge in [-0.15, -0.1) is 0 Å².